The van der Waals surface area contributed by atoms with Gasteiger partial charge in [-0.05, 0) is 32.0 Å². The number of rotatable bonds is 6. The maximum Gasteiger partial charge on any atom is 0.342 e. The van der Waals surface area contributed by atoms with Crippen LogP contribution in [0.5, 0.6) is 17.2 Å². The number of nitrogens with one attached hydrogen (secondary N) is 1. The Hall–Kier alpha value is -3.55. The average Bonchev–Trinajstić information content (AvgIpc) is 3.12. The third kappa shape index (κ3) is 4.06. The topological polar surface area (TPSA) is 100 Å². The highest BCUT2D eigenvalue weighted by Gasteiger charge is 2.21. The minimum absolute atomic E-state index is 0.0417. The number of anilines is 1. The van der Waals surface area contributed by atoms with Gasteiger partial charge in [-0.3, -0.25) is 9.59 Å². The third-order valence-corrected chi connectivity index (χ3v) is 4.08. The number of hydrogen-bond donors (Lipinski definition) is 1. The molecule has 0 radical (unpaired) electrons. The molecule has 3 rings (SSSR count). The van der Waals surface area contributed by atoms with Crippen LogP contribution in [-0.2, 0) is 9.53 Å². The molecule has 0 aliphatic carbocycles. The smallest absolute Gasteiger partial charge is 0.342 e. The van der Waals surface area contributed by atoms with Crippen LogP contribution < -0.4 is 19.5 Å². The molecule has 0 saturated carbocycles. The first kappa shape index (κ1) is 19.2. The summed E-state index contributed by atoms with van der Waals surface area (Å²) in [5.41, 5.74) is 1.60. The number of carbonyl (C=O) groups is 3. The van der Waals surface area contributed by atoms with E-state index in [9.17, 15) is 14.4 Å². The first-order valence-electron chi connectivity index (χ1n) is 8.45. The molecule has 8 nitrogen and oxygen atoms in total. The number of methoxy groups -OCH3 is 1. The van der Waals surface area contributed by atoms with Gasteiger partial charge in [-0.15, -0.1) is 0 Å². The maximum atomic E-state index is 12.3. The van der Waals surface area contributed by atoms with E-state index in [2.05, 4.69) is 5.32 Å². The zero-order chi connectivity index (χ0) is 20.3. The highest BCUT2D eigenvalue weighted by Crippen LogP contribution is 2.37. The van der Waals surface area contributed by atoms with Crippen molar-refractivity contribution >= 4 is 23.3 Å². The molecule has 1 aliphatic heterocycles. The first-order valence-corrected chi connectivity index (χ1v) is 8.45. The predicted octanol–water partition coefficient (Wildman–Crippen LogP) is 2.73. The Bertz CT molecular complexity index is 952. The van der Waals surface area contributed by atoms with E-state index in [1.54, 1.807) is 18.2 Å². The molecule has 146 valence electrons. The van der Waals surface area contributed by atoms with Crippen LogP contribution in [0.1, 0.15) is 33.2 Å². The summed E-state index contributed by atoms with van der Waals surface area (Å²) in [6.45, 7) is 2.71. The number of Topliss-reactive ketones (excluding diaryl/α,β-unsaturated/α-hetero) is 1. The molecule has 0 saturated heterocycles. The number of aryl methyl sites for hydroxylation is 1. The van der Waals surface area contributed by atoms with Crippen molar-refractivity contribution in [2.75, 3.05) is 25.8 Å². The zero-order valence-electron chi connectivity index (χ0n) is 15.7. The molecule has 8 heteroatoms. The molecule has 0 bridgehead atoms. The number of benzene rings is 2. The lowest BCUT2D eigenvalue weighted by molar-refractivity contribution is -0.119. The van der Waals surface area contributed by atoms with E-state index in [1.807, 2.05) is 6.92 Å². The molecule has 2 aromatic carbocycles. The van der Waals surface area contributed by atoms with E-state index in [4.69, 9.17) is 18.9 Å². The van der Waals surface area contributed by atoms with Gasteiger partial charge in [0, 0.05) is 11.6 Å². The van der Waals surface area contributed by atoms with Crippen molar-refractivity contribution in [1.82, 2.24) is 0 Å². The Morgan fingerprint density at radius 1 is 1.07 bits per heavy atom. The van der Waals surface area contributed by atoms with Crippen LogP contribution in [0.15, 0.2) is 30.3 Å². The molecule has 0 aromatic heterocycles. The van der Waals surface area contributed by atoms with Crippen molar-refractivity contribution in [2.24, 2.45) is 0 Å². The molecule has 0 unspecified atom stereocenters. The third-order valence-electron chi connectivity index (χ3n) is 4.08. The SMILES string of the molecule is COc1ccc(C)cc1C(=O)OCC(=O)Nc1cc2c(cc1C(C)=O)OCO2. The standard InChI is InChI=1S/C20H19NO7/c1-11-4-5-16(25-3)14(6-11)20(24)26-9-19(23)21-15-8-18-17(27-10-28-18)7-13(15)12(2)22/h4-8H,9-10H2,1-3H3,(H,21,23). The van der Waals surface area contributed by atoms with Crippen LogP contribution in [0, 0.1) is 6.92 Å². The second kappa shape index (κ2) is 7.99. The lowest BCUT2D eigenvalue weighted by Crippen LogP contribution is -2.22. The number of ketones is 1. The van der Waals surface area contributed by atoms with Gasteiger partial charge in [0.1, 0.15) is 11.3 Å². The highest BCUT2D eigenvalue weighted by atomic mass is 16.7. The van der Waals surface area contributed by atoms with Crippen LogP contribution in [0.25, 0.3) is 0 Å². The van der Waals surface area contributed by atoms with E-state index in [1.165, 1.54) is 26.2 Å². The van der Waals surface area contributed by atoms with E-state index in [0.717, 1.165) is 5.56 Å². The van der Waals surface area contributed by atoms with Gasteiger partial charge in [0.2, 0.25) is 6.79 Å². The molecule has 1 N–H and O–H groups in total. The molecule has 2 aromatic rings. The monoisotopic (exact) mass is 385 g/mol. The minimum Gasteiger partial charge on any atom is -0.496 e. The van der Waals surface area contributed by atoms with Gasteiger partial charge in [-0.25, -0.2) is 4.79 Å². The average molecular weight is 385 g/mol. The fraction of sp³-hybridized carbons (Fsp3) is 0.250. The highest BCUT2D eigenvalue weighted by molar-refractivity contribution is 6.05. The van der Waals surface area contributed by atoms with Crippen LogP contribution in [0.3, 0.4) is 0 Å². The van der Waals surface area contributed by atoms with Gasteiger partial charge < -0.3 is 24.3 Å². The van der Waals surface area contributed by atoms with Crippen molar-refractivity contribution in [3.05, 3.63) is 47.0 Å². The van der Waals surface area contributed by atoms with Crippen molar-refractivity contribution < 1.29 is 33.3 Å². The molecule has 28 heavy (non-hydrogen) atoms. The summed E-state index contributed by atoms with van der Waals surface area (Å²) >= 11 is 0. The van der Waals surface area contributed by atoms with Gasteiger partial charge in [0.15, 0.2) is 23.9 Å². The number of esters is 1. The summed E-state index contributed by atoms with van der Waals surface area (Å²) in [5, 5.41) is 2.56. The fourth-order valence-electron chi connectivity index (χ4n) is 2.71. The molecular formula is C20H19NO7. The molecule has 1 aliphatic rings. The Balaban J connectivity index is 1.69. The van der Waals surface area contributed by atoms with E-state index >= 15 is 0 Å². The first-order chi connectivity index (χ1) is 13.4. The zero-order valence-corrected chi connectivity index (χ0v) is 15.7. The van der Waals surface area contributed by atoms with E-state index in [0.29, 0.717) is 17.2 Å². The van der Waals surface area contributed by atoms with Gasteiger partial charge in [-0.2, -0.15) is 0 Å². The van der Waals surface area contributed by atoms with E-state index in [-0.39, 0.29) is 29.4 Å². The predicted molar refractivity (Wildman–Crippen MR) is 99.2 cm³/mol. The molecule has 1 amide bonds. The number of amides is 1. The van der Waals surface area contributed by atoms with Gasteiger partial charge in [0.25, 0.3) is 5.91 Å². The summed E-state index contributed by atoms with van der Waals surface area (Å²) in [6.07, 6.45) is 0. The van der Waals surface area contributed by atoms with Crippen LogP contribution in [0.4, 0.5) is 5.69 Å². The maximum absolute atomic E-state index is 12.3. The Labute approximate surface area is 161 Å². The summed E-state index contributed by atoms with van der Waals surface area (Å²) in [5.74, 6) is -0.335. The Morgan fingerprint density at radius 2 is 1.79 bits per heavy atom. The van der Waals surface area contributed by atoms with Crippen LogP contribution in [0.2, 0.25) is 0 Å². The van der Waals surface area contributed by atoms with Crippen molar-refractivity contribution in [1.29, 1.82) is 0 Å². The molecule has 0 atom stereocenters. The van der Waals surface area contributed by atoms with Gasteiger partial charge >= 0.3 is 5.97 Å². The fourth-order valence-corrected chi connectivity index (χ4v) is 2.71. The number of hydrogen-bond acceptors (Lipinski definition) is 7. The summed E-state index contributed by atoms with van der Waals surface area (Å²) in [7, 11) is 1.44. The second-order valence-electron chi connectivity index (χ2n) is 6.14. The van der Waals surface area contributed by atoms with Crippen molar-refractivity contribution in [3.8, 4) is 17.2 Å². The Morgan fingerprint density at radius 3 is 2.46 bits per heavy atom. The van der Waals surface area contributed by atoms with Gasteiger partial charge in [-0.1, -0.05) is 11.6 Å². The summed E-state index contributed by atoms with van der Waals surface area (Å²) in [6, 6.07) is 8.07. The van der Waals surface area contributed by atoms with Gasteiger partial charge in [0.05, 0.1) is 12.8 Å². The van der Waals surface area contributed by atoms with Crippen LogP contribution in [-0.4, -0.2) is 38.2 Å². The Kier molecular flexibility index (Phi) is 5.49. The normalized spacial score (nSPS) is 11.7. The molecule has 1 heterocycles. The quantitative estimate of drug-likeness (QED) is 0.603. The lowest BCUT2D eigenvalue weighted by atomic mass is 10.1. The number of fused-ring (bicyclic) bond motifs is 1. The number of carbonyl (C=O) groups excluding carboxylic acids is 3. The minimum atomic E-state index is -0.687. The van der Waals surface area contributed by atoms with Crippen molar-refractivity contribution in [2.45, 2.75) is 13.8 Å². The van der Waals surface area contributed by atoms with Crippen LogP contribution >= 0.6 is 0 Å². The van der Waals surface area contributed by atoms with E-state index < -0.39 is 18.5 Å². The molecule has 0 spiro atoms. The summed E-state index contributed by atoms with van der Waals surface area (Å²) in [4.78, 5) is 36.4. The second-order valence-corrected chi connectivity index (χ2v) is 6.14. The summed E-state index contributed by atoms with van der Waals surface area (Å²) < 4.78 is 20.7. The van der Waals surface area contributed by atoms with Crippen molar-refractivity contribution in [3.63, 3.8) is 0 Å². The molecule has 0 fully saturated rings. The molecular weight excluding hydrogens is 366 g/mol. The lowest BCUT2D eigenvalue weighted by Gasteiger charge is -2.12. The number of ether oxygens (including phenoxy) is 4. The largest absolute Gasteiger partial charge is 0.496 e.